The molecular formula is C14H17N3OS. The fourth-order valence-corrected chi connectivity index (χ4v) is 2.44. The van der Waals surface area contributed by atoms with E-state index in [1.165, 1.54) is 0 Å². The Balaban J connectivity index is 2.22. The molecule has 3 N–H and O–H groups in total. The number of hydrogen-bond acceptors (Lipinski definition) is 4. The van der Waals surface area contributed by atoms with E-state index < -0.39 is 0 Å². The van der Waals surface area contributed by atoms with Crippen molar-refractivity contribution in [2.24, 2.45) is 5.73 Å². The fraction of sp³-hybridized carbons (Fsp3) is 0.286. The van der Waals surface area contributed by atoms with Gasteiger partial charge in [-0.3, -0.25) is 4.79 Å². The number of nitrogens with one attached hydrogen (secondary N) is 1. The predicted octanol–water partition coefficient (Wildman–Crippen LogP) is 2.20. The number of hydrogen-bond donors (Lipinski definition) is 2. The molecule has 0 aliphatic carbocycles. The zero-order chi connectivity index (χ0) is 13.8. The molecule has 0 unspecified atom stereocenters. The number of nitrogens with two attached hydrogens (primary N) is 1. The van der Waals surface area contributed by atoms with Crippen LogP contribution >= 0.6 is 11.3 Å². The third-order valence-corrected chi connectivity index (χ3v) is 3.73. The average molecular weight is 275 g/mol. The van der Waals surface area contributed by atoms with Gasteiger partial charge in [0, 0.05) is 34.8 Å². The summed E-state index contributed by atoms with van der Waals surface area (Å²) in [5.74, 6) is -0.104. The number of rotatable bonds is 4. The molecule has 5 heteroatoms. The average Bonchev–Trinajstić information content (AvgIpc) is 2.85. The van der Waals surface area contributed by atoms with E-state index >= 15 is 0 Å². The molecule has 2 rings (SSSR count). The summed E-state index contributed by atoms with van der Waals surface area (Å²) in [7, 11) is 0. The zero-order valence-electron chi connectivity index (χ0n) is 11.0. The quantitative estimate of drug-likeness (QED) is 0.898. The number of amides is 1. The van der Waals surface area contributed by atoms with Gasteiger partial charge in [-0.1, -0.05) is 12.1 Å². The Morgan fingerprint density at radius 1 is 1.53 bits per heavy atom. The lowest BCUT2D eigenvalue weighted by atomic mass is 10.1. The fourth-order valence-electron chi connectivity index (χ4n) is 1.65. The molecule has 100 valence electrons. The summed E-state index contributed by atoms with van der Waals surface area (Å²) in [6.45, 7) is 4.27. The number of carbonyl (C=O) groups is 1. The van der Waals surface area contributed by atoms with Crippen molar-refractivity contribution in [2.75, 3.05) is 6.54 Å². The van der Waals surface area contributed by atoms with Crippen LogP contribution in [0.2, 0.25) is 0 Å². The molecule has 0 aliphatic heterocycles. The van der Waals surface area contributed by atoms with E-state index in [1.54, 1.807) is 17.4 Å². The SMILES string of the molecule is Cc1csc(-c2cccc(C(=O)N[C@@H](C)CN)c2)n1. The van der Waals surface area contributed by atoms with Crippen LogP contribution < -0.4 is 11.1 Å². The first kappa shape index (κ1) is 13.7. The van der Waals surface area contributed by atoms with Gasteiger partial charge in [-0.05, 0) is 26.0 Å². The molecule has 1 aromatic heterocycles. The highest BCUT2D eigenvalue weighted by molar-refractivity contribution is 7.13. The van der Waals surface area contributed by atoms with E-state index in [-0.39, 0.29) is 11.9 Å². The van der Waals surface area contributed by atoms with Crippen LogP contribution in [-0.2, 0) is 0 Å². The van der Waals surface area contributed by atoms with Crippen LogP contribution in [-0.4, -0.2) is 23.5 Å². The number of nitrogens with zero attached hydrogens (tertiary/aromatic N) is 1. The first-order chi connectivity index (χ1) is 9.10. The topological polar surface area (TPSA) is 68.0 Å². The molecule has 0 aliphatic rings. The smallest absolute Gasteiger partial charge is 0.251 e. The Labute approximate surface area is 116 Å². The lowest BCUT2D eigenvalue weighted by Gasteiger charge is -2.11. The van der Waals surface area contributed by atoms with Crippen molar-refractivity contribution in [1.82, 2.24) is 10.3 Å². The van der Waals surface area contributed by atoms with E-state index in [4.69, 9.17) is 5.73 Å². The standard InChI is InChI=1S/C14H17N3OS/c1-9(7-15)16-13(18)11-4-3-5-12(6-11)14-17-10(2)8-19-14/h3-6,8-9H,7,15H2,1-2H3,(H,16,18)/t9-/m0/s1. The van der Waals surface area contributed by atoms with E-state index in [9.17, 15) is 4.79 Å². The second-order valence-electron chi connectivity index (χ2n) is 4.49. The van der Waals surface area contributed by atoms with Gasteiger partial charge in [0.2, 0.25) is 0 Å². The van der Waals surface area contributed by atoms with E-state index in [1.807, 2.05) is 37.4 Å². The Bertz CT molecular complexity index is 580. The molecule has 0 saturated heterocycles. The number of carbonyl (C=O) groups excluding carboxylic acids is 1. The minimum atomic E-state index is -0.104. The molecule has 2 aromatic rings. The van der Waals surface area contributed by atoms with Gasteiger partial charge < -0.3 is 11.1 Å². The third kappa shape index (κ3) is 3.39. The molecule has 1 heterocycles. The van der Waals surface area contributed by atoms with E-state index in [0.29, 0.717) is 12.1 Å². The monoisotopic (exact) mass is 275 g/mol. The second kappa shape index (κ2) is 5.95. The lowest BCUT2D eigenvalue weighted by molar-refractivity contribution is 0.0941. The van der Waals surface area contributed by atoms with Crippen LogP contribution in [0.3, 0.4) is 0 Å². The summed E-state index contributed by atoms with van der Waals surface area (Å²) >= 11 is 1.58. The Morgan fingerprint density at radius 3 is 2.95 bits per heavy atom. The summed E-state index contributed by atoms with van der Waals surface area (Å²) in [6.07, 6.45) is 0. The van der Waals surface area contributed by atoms with Crippen LogP contribution in [0.5, 0.6) is 0 Å². The highest BCUT2D eigenvalue weighted by atomic mass is 32.1. The van der Waals surface area contributed by atoms with Gasteiger partial charge in [0.15, 0.2) is 0 Å². The summed E-state index contributed by atoms with van der Waals surface area (Å²) in [5.41, 5.74) is 8.09. The molecule has 1 amide bonds. The summed E-state index contributed by atoms with van der Waals surface area (Å²) < 4.78 is 0. The van der Waals surface area contributed by atoms with Crippen molar-refractivity contribution in [1.29, 1.82) is 0 Å². The first-order valence-electron chi connectivity index (χ1n) is 6.13. The molecule has 4 nitrogen and oxygen atoms in total. The van der Waals surface area contributed by atoms with Crippen molar-refractivity contribution in [3.05, 3.63) is 40.9 Å². The lowest BCUT2D eigenvalue weighted by Crippen LogP contribution is -2.37. The Hall–Kier alpha value is -1.72. The highest BCUT2D eigenvalue weighted by Gasteiger charge is 2.10. The predicted molar refractivity (Wildman–Crippen MR) is 78.3 cm³/mol. The van der Waals surface area contributed by atoms with Crippen molar-refractivity contribution >= 4 is 17.2 Å². The number of benzene rings is 1. The molecule has 19 heavy (non-hydrogen) atoms. The molecule has 0 saturated carbocycles. The van der Waals surface area contributed by atoms with Crippen LogP contribution in [0.25, 0.3) is 10.6 Å². The van der Waals surface area contributed by atoms with Gasteiger partial charge in [0.05, 0.1) is 0 Å². The summed E-state index contributed by atoms with van der Waals surface area (Å²) in [5, 5.41) is 5.78. The molecule has 0 fully saturated rings. The van der Waals surface area contributed by atoms with Gasteiger partial charge in [-0.2, -0.15) is 0 Å². The largest absolute Gasteiger partial charge is 0.348 e. The Kier molecular flexibility index (Phi) is 4.29. The van der Waals surface area contributed by atoms with Crippen molar-refractivity contribution in [3.8, 4) is 10.6 Å². The molecule has 1 atom stereocenters. The molecular weight excluding hydrogens is 258 g/mol. The summed E-state index contributed by atoms with van der Waals surface area (Å²) in [6, 6.07) is 7.45. The maximum Gasteiger partial charge on any atom is 0.251 e. The van der Waals surface area contributed by atoms with Gasteiger partial charge >= 0.3 is 0 Å². The minimum Gasteiger partial charge on any atom is -0.348 e. The van der Waals surface area contributed by atoms with Gasteiger partial charge in [0.25, 0.3) is 5.91 Å². The maximum absolute atomic E-state index is 12.0. The van der Waals surface area contributed by atoms with Gasteiger partial charge in [-0.25, -0.2) is 4.98 Å². The molecule has 0 radical (unpaired) electrons. The second-order valence-corrected chi connectivity index (χ2v) is 5.34. The van der Waals surface area contributed by atoms with Crippen molar-refractivity contribution < 1.29 is 4.79 Å². The number of aryl methyl sites for hydroxylation is 1. The van der Waals surface area contributed by atoms with E-state index in [0.717, 1.165) is 16.3 Å². The van der Waals surface area contributed by atoms with Crippen LogP contribution in [0.15, 0.2) is 29.6 Å². The number of thiazole rings is 1. The minimum absolute atomic E-state index is 0.0294. The van der Waals surface area contributed by atoms with Gasteiger partial charge in [0.1, 0.15) is 5.01 Å². The third-order valence-electron chi connectivity index (χ3n) is 2.72. The van der Waals surface area contributed by atoms with Crippen LogP contribution in [0.1, 0.15) is 23.0 Å². The molecule has 1 aromatic carbocycles. The normalized spacial score (nSPS) is 12.2. The van der Waals surface area contributed by atoms with Gasteiger partial charge in [-0.15, -0.1) is 11.3 Å². The van der Waals surface area contributed by atoms with Crippen molar-refractivity contribution in [3.63, 3.8) is 0 Å². The first-order valence-corrected chi connectivity index (χ1v) is 7.01. The highest BCUT2D eigenvalue weighted by Crippen LogP contribution is 2.24. The zero-order valence-corrected chi connectivity index (χ0v) is 11.8. The molecule has 0 spiro atoms. The number of aromatic nitrogens is 1. The Morgan fingerprint density at radius 2 is 2.32 bits per heavy atom. The van der Waals surface area contributed by atoms with Crippen LogP contribution in [0, 0.1) is 6.92 Å². The maximum atomic E-state index is 12.0. The van der Waals surface area contributed by atoms with Crippen molar-refractivity contribution in [2.45, 2.75) is 19.9 Å². The van der Waals surface area contributed by atoms with E-state index in [2.05, 4.69) is 10.3 Å². The molecule has 0 bridgehead atoms. The van der Waals surface area contributed by atoms with Crippen LogP contribution in [0.4, 0.5) is 0 Å². The summed E-state index contributed by atoms with van der Waals surface area (Å²) in [4.78, 5) is 16.4.